The van der Waals surface area contributed by atoms with E-state index in [2.05, 4.69) is 0 Å². The Bertz CT molecular complexity index is 1110. The van der Waals surface area contributed by atoms with Gasteiger partial charge >= 0.3 is 17.9 Å². The summed E-state index contributed by atoms with van der Waals surface area (Å²) < 4.78 is 16.9. The van der Waals surface area contributed by atoms with Crippen LogP contribution in [-0.2, 0) is 28.6 Å². The molecule has 0 saturated carbocycles. The minimum atomic E-state index is -1.17. The molecule has 2 N–H and O–H groups in total. The Kier molecular flexibility index (Phi) is 14.1. The minimum absolute atomic E-state index is 0.0456. The minimum Gasteiger partial charge on any atom is -0.462 e. The van der Waals surface area contributed by atoms with E-state index in [-0.39, 0.29) is 54.6 Å². The zero-order valence-electron chi connectivity index (χ0n) is 27.1. The Balaban J connectivity index is 2.29. The van der Waals surface area contributed by atoms with Gasteiger partial charge in [-0.1, -0.05) is 82.7 Å². The van der Waals surface area contributed by atoms with Crippen molar-refractivity contribution >= 4 is 17.9 Å². The number of rotatable bonds is 6. The topological polar surface area (TPSA) is 119 Å². The number of cyclic esters (lactones) is 2. The molecule has 9 atom stereocenters. The summed E-state index contributed by atoms with van der Waals surface area (Å²) in [5, 5.41) is 22.2. The number of hydrogen-bond acceptors (Lipinski definition) is 8. The highest BCUT2D eigenvalue weighted by molar-refractivity contribution is 5.72. The van der Waals surface area contributed by atoms with Crippen LogP contribution in [-0.4, -0.2) is 58.1 Å². The van der Waals surface area contributed by atoms with Crippen molar-refractivity contribution in [3.8, 4) is 0 Å². The predicted molar refractivity (Wildman–Crippen MR) is 167 cm³/mol. The summed E-state index contributed by atoms with van der Waals surface area (Å²) >= 11 is 0. The molecule has 0 bridgehead atoms. The van der Waals surface area contributed by atoms with E-state index in [1.54, 1.807) is 12.2 Å². The number of carbonyl (C=O) groups is 3. The number of esters is 3. The Morgan fingerprint density at radius 2 is 1.77 bits per heavy atom. The van der Waals surface area contributed by atoms with Gasteiger partial charge in [0, 0.05) is 37.0 Å². The Morgan fingerprint density at radius 3 is 2.42 bits per heavy atom. The first kappa shape index (κ1) is 36.2. The summed E-state index contributed by atoms with van der Waals surface area (Å²) in [7, 11) is 0. The average Bonchev–Trinajstić information content (AvgIpc) is 2.95. The van der Waals surface area contributed by atoms with Crippen LogP contribution in [0.4, 0.5) is 0 Å². The Hall–Kier alpha value is -2.97. The first-order chi connectivity index (χ1) is 20.2. The van der Waals surface area contributed by atoms with Crippen LogP contribution in [0.2, 0.25) is 0 Å². The first-order valence-corrected chi connectivity index (χ1v) is 15.5. The van der Waals surface area contributed by atoms with Gasteiger partial charge < -0.3 is 24.4 Å². The van der Waals surface area contributed by atoms with Crippen LogP contribution in [0.15, 0.2) is 59.8 Å². The van der Waals surface area contributed by atoms with Gasteiger partial charge in [-0.25, -0.2) is 0 Å². The maximum atomic E-state index is 12.9. The third-order valence-corrected chi connectivity index (χ3v) is 8.92. The van der Waals surface area contributed by atoms with Crippen molar-refractivity contribution in [2.75, 3.05) is 0 Å². The van der Waals surface area contributed by atoms with E-state index in [1.165, 1.54) is 6.92 Å². The van der Waals surface area contributed by atoms with Crippen LogP contribution in [0.1, 0.15) is 87.5 Å². The largest absolute Gasteiger partial charge is 0.462 e. The van der Waals surface area contributed by atoms with Gasteiger partial charge in [-0.2, -0.15) is 0 Å². The lowest BCUT2D eigenvalue weighted by Crippen LogP contribution is -2.50. The van der Waals surface area contributed by atoms with E-state index in [9.17, 15) is 24.6 Å². The van der Waals surface area contributed by atoms with Crippen LogP contribution >= 0.6 is 0 Å². The Morgan fingerprint density at radius 1 is 1.09 bits per heavy atom. The quantitative estimate of drug-likeness (QED) is 0.167. The molecule has 0 spiro atoms. The highest BCUT2D eigenvalue weighted by Crippen LogP contribution is 2.36. The van der Waals surface area contributed by atoms with Crippen LogP contribution in [0.5, 0.6) is 0 Å². The molecule has 43 heavy (non-hydrogen) atoms. The molecule has 0 aliphatic carbocycles. The molecular formula is C35H52O8. The van der Waals surface area contributed by atoms with Crippen molar-refractivity contribution in [1.29, 1.82) is 0 Å². The van der Waals surface area contributed by atoms with Crippen molar-refractivity contribution in [2.24, 2.45) is 23.7 Å². The van der Waals surface area contributed by atoms with E-state index in [0.717, 1.165) is 11.1 Å². The molecule has 0 radical (unpaired) electrons. The first-order valence-electron chi connectivity index (χ1n) is 15.5. The summed E-state index contributed by atoms with van der Waals surface area (Å²) in [6.07, 6.45) is 14.2. The highest BCUT2D eigenvalue weighted by atomic mass is 16.6. The molecule has 1 fully saturated rings. The number of allylic oxidation sites excluding steroid dienone is 5. The molecule has 8 nitrogen and oxygen atoms in total. The number of carbonyl (C=O) groups excluding carboxylic acids is 3. The lowest BCUT2D eigenvalue weighted by molar-refractivity contribution is -0.182. The van der Waals surface area contributed by atoms with E-state index in [4.69, 9.17) is 14.2 Å². The molecule has 1 saturated heterocycles. The number of aliphatic hydroxyl groups excluding tert-OH is 1. The summed E-state index contributed by atoms with van der Waals surface area (Å²) in [5.41, 5.74) is 0.602. The van der Waals surface area contributed by atoms with Crippen molar-refractivity contribution in [1.82, 2.24) is 0 Å². The van der Waals surface area contributed by atoms with Crippen molar-refractivity contribution in [3.05, 3.63) is 59.8 Å². The van der Waals surface area contributed by atoms with E-state index >= 15 is 0 Å². The van der Waals surface area contributed by atoms with Gasteiger partial charge in [-0.3, -0.25) is 14.4 Å². The van der Waals surface area contributed by atoms with E-state index in [1.807, 2.05) is 84.9 Å². The van der Waals surface area contributed by atoms with Gasteiger partial charge in [0.25, 0.3) is 0 Å². The monoisotopic (exact) mass is 600 g/mol. The molecule has 8 heteroatoms. The van der Waals surface area contributed by atoms with E-state index in [0.29, 0.717) is 19.3 Å². The molecule has 0 aromatic heterocycles. The second-order valence-corrected chi connectivity index (χ2v) is 12.3. The van der Waals surface area contributed by atoms with Gasteiger partial charge in [0.1, 0.15) is 18.3 Å². The SMILES string of the molecule is CC[C@@H]1OC(=O)C[C@@](O)(C/C=C/C=C(\C)C2OC(=O)CC/C=C(\C)C(C)[C@H](O)C(C)C(OC(C)=O)/C=C\C=C/[C@@H]2C)C1C. The van der Waals surface area contributed by atoms with Crippen molar-refractivity contribution in [3.63, 3.8) is 0 Å². The molecule has 2 rings (SSSR count). The summed E-state index contributed by atoms with van der Waals surface area (Å²) in [4.78, 5) is 36.7. The van der Waals surface area contributed by atoms with Crippen LogP contribution in [0.3, 0.4) is 0 Å². The molecule has 0 amide bonds. The summed E-state index contributed by atoms with van der Waals surface area (Å²) in [6.45, 7) is 14.8. The number of aliphatic hydroxyl groups is 2. The molecule has 2 aliphatic rings. The average molecular weight is 601 g/mol. The van der Waals surface area contributed by atoms with Crippen LogP contribution in [0, 0.1) is 23.7 Å². The maximum Gasteiger partial charge on any atom is 0.309 e. The zero-order chi connectivity index (χ0) is 32.3. The molecular weight excluding hydrogens is 548 g/mol. The van der Waals surface area contributed by atoms with Gasteiger partial charge in [-0.15, -0.1) is 0 Å². The zero-order valence-corrected chi connectivity index (χ0v) is 27.1. The maximum absolute atomic E-state index is 12.9. The highest BCUT2D eigenvalue weighted by Gasteiger charge is 2.45. The lowest BCUT2D eigenvalue weighted by Gasteiger charge is -2.41. The summed E-state index contributed by atoms with van der Waals surface area (Å²) in [6, 6.07) is 0. The third-order valence-electron chi connectivity index (χ3n) is 8.92. The van der Waals surface area contributed by atoms with Crippen molar-refractivity contribution < 1.29 is 38.8 Å². The molecule has 0 aromatic carbocycles. The van der Waals surface area contributed by atoms with Crippen LogP contribution < -0.4 is 0 Å². The van der Waals surface area contributed by atoms with Gasteiger partial charge in [0.2, 0.25) is 0 Å². The van der Waals surface area contributed by atoms with Crippen molar-refractivity contribution in [2.45, 2.75) is 118 Å². The molecule has 0 aromatic rings. The van der Waals surface area contributed by atoms with Gasteiger partial charge in [0.05, 0.1) is 18.1 Å². The molecule has 240 valence electrons. The second-order valence-electron chi connectivity index (χ2n) is 12.3. The third kappa shape index (κ3) is 10.6. The predicted octanol–water partition coefficient (Wildman–Crippen LogP) is 5.94. The normalized spacial score (nSPS) is 38.0. The van der Waals surface area contributed by atoms with Gasteiger partial charge in [-0.05, 0) is 44.8 Å². The molecule has 5 unspecified atom stereocenters. The second kappa shape index (κ2) is 16.8. The number of ether oxygens (including phenoxy) is 3. The van der Waals surface area contributed by atoms with Gasteiger partial charge in [0.15, 0.2) is 0 Å². The lowest BCUT2D eigenvalue weighted by atomic mass is 9.77. The fraction of sp³-hybridized carbons (Fsp3) is 0.629. The Labute approximate surface area is 257 Å². The molecule has 2 heterocycles. The summed E-state index contributed by atoms with van der Waals surface area (Å²) in [5.74, 6) is -2.04. The molecule has 2 aliphatic heterocycles. The number of hydrogen-bond donors (Lipinski definition) is 2. The fourth-order valence-corrected chi connectivity index (χ4v) is 5.72. The smallest absolute Gasteiger partial charge is 0.309 e. The van der Waals surface area contributed by atoms with Crippen LogP contribution in [0.25, 0.3) is 0 Å². The standard InChI is InChI=1S/C35H52O8/c1-9-29-27(7)35(40,21-32(38)42-29)20-13-12-16-24(4)34-23(3)15-10-11-18-30(41-28(8)36)26(6)33(39)25(5)22(2)17-14-19-31(37)43-34/h10-13,15-18,23,25-27,29-30,33-34,39-40H,9,14,19-21H2,1-8H3/b13-12+,15-10-,18-11-,22-17+,24-16+/t23-,25?,26?,27?,29-,30?,33-,34?,35-/m0/s1. The fourth-order valence-electron chi connectivity index (χ4n) is 5.72. The van der Waals surface area contributed by atoms with E-state index < -0.39 is 29.9 Å².